The lowest BCUT2D eigenvalue weighted by Gasteiger charge is -2.26. The summed E-state index contributed by atoms with van der Waals surface area (Å²) >= 11 is 5.25. The minimum absolute atomic E-state index is 0.337. The molecule has 1 amide bonds. The third-order valence-electron chi connectivity index (χ3n) is 3.30. The van der Waals surface area contributed by atoms with E-state index >= 15 is 0 Å². The first kappa shape index (κ1) is 15.2. The highest BCUT2D eigenvalue weighted by Gasteiger charge is 2.19. The van der Waals surface area contributed by atoms with Gasteiger partial charge < -0.3 is 16.4 Å². The van der Waals surface area contributed by atoms with E-state index in [1.807, 2.05) is 0 Å². The predicted molar refractivity (Wildman–Crippen MR) is 78.2 cm³/mol. The van der Waals surface area contributed by atoms with Gasteiger partial charge in [0.2, 0.25) is 5.91 Å². The third-order valence-corrected chi connectivity index (χ3v) is 3.53. The molecule has 1 saturated carbocycles. The van der Waals surface area contributed by atoms with Crippen LogP contribution in [0.15, 0.2) is 0 Å². The number of nitrogens with one attached hydrogen (secondary N) is 2. The number of carbonyl (C=O) groups excluding carboxylic acids is 1. The first-order valence-electron chi connectivity index (χ1n) is 6.85. The first-order valence-corrected chi connectivity index (χ1v) is 7.26. The Kier molecular flexibility index (Phi) is 6.39. The van der Waals surface area contributed by atoms with Crippen LogP contribution in [-0.4, -0.2) is 23.1 Å². The van der Waals surface area contributed by atoms with E-state index in [1.165, 1.54) is 19.3 Å². The maximum Gasteiger partial charge on any atom is 0.239 e. The highest BCUT2D eigenvalue weighted by molar-refractivity contribution is 7.80. The van der Waals surface area contributed by atoms with Crippen molar-refractivity contribution in [3.63, 3.8) is 0 Å². The molecule has 104 valence electrons. The van der Waals surface area contributed by atoms with Crippen molar-refractivity contribution in [1.29, 1.82) is 0 Å². The van der Waals surface area contributed by atoms with Gasteiger partial charge in [-0.2, -0.15) is 0 Å². The number of hydrogen-bond acceptors (Lipinski definition) is 2. The average Bonchev–Trinajstić information content (AvgIpc) is 2.28. The predicted octanol–water partition coefficient (Wildman–Crippen LogP) is 1.68. The minimum Gasteiger partial charge on any atom is -0.368 e. The molecule has 1 aliphatic carbocycles. The van der Waals surface area contributed by atoms with E-state index in [4.69, 9.17) is 18.0 Å². The molecule has 0 aromatic heterocycles. The molecule has 1 atom stereocenters. The van der Waals surface area contributed by atoms with E-state index in [0.29, 0.717) is 23.5 Å². The molecule has 1 rings (SSSR count). The van der Waals surface area contributed by atoms with Crippen LogP contribution in [0.1, 0.15) is 52.4 Å². The standard InChI is InChI=1S/C13H25N3OS/c1-9(2)8-11(12(14)17)16-13(18)15-10-6-4-3-5-7-10/h9-11H,3-8H2,1-2H3,(H2,14,17)(H2,15,16,18). The number of rotatable bonds is 5. The quantitative estimate of drug-likeness (QED) is 0.666. The summed E-state index contributed by atoms with van der Waals surface area (Å²) in [7, 11) is 0. The molecule has 1 aliphatic rings. The Hall–Kier alpha value is -0.840. The molecular formula is C13H25N3OS. The highest BCUT2D eigenvalue weighted by Crippen LogP contribution is 2.17. The van der Waals surface area contributed by atoms with E-state index in [0.717, 1.165) is 12.8 Å². The lowest BCUT2D eigenvalue weighted by molar-refractivity contribution is -0.120. The van der Waals surface area contributed by atoms with Crippen LogP contribution in [0, 0.1) is 5.92 Å². The van der Waals surface area contributed by atoms with E-state index in [-0.39, 0.29) is 11.9 Å². The van der Waals surface area contributed by atoms with Gasteiger partial charge in [0.1, 0.15) is 6.04 Å². The molecule has 4 nitrogen and oxygen atoms in total. The van der Waals surface area contributed by atoms with Crippen molar-refractivity contribution >= 4 is 23.2 Å². The van der Waals surface area contributed by atoms with Crippen molar-refractivity contribution in [3.8, 4) is 0 Å². The Morgan fingerprint density at radius 3 is 2.44 bits per heavy atom. The number of nitrogens with two attached hydrogens (primary N) is 1. The van der Waals surface area contributed by atoms with Gasteiger partial charge in [-0.3, -0.25) is 4.79 Å². The fourth-order valence-corrected chi connectivity index (χ4v) is 2.66. The van der Waals surface area contributed by atoms with Crippen LogP contribution in [0.3, 0.4) is 0 Å². The smallest absolute Gasteiger partial charge is 0.239 e. The zero-order chi connectivity index (χ0) is 13.5. The van der Waals surface area contributed by atoms with Gasteiger partial charge in [-0.1, -0.05) is 33.1 Å². The van der Waals surface area contributed by atoms with Crippen LogP contribution in [0.2, 0.25) is 0 Å². The number of primary amides is 1. The fraction of sp³-hybridized carbons (Fsp3) is 0.846. The molecule has 0 radical (unpaired) electrons. The van der Waals surface area contributed by atoms with Crippen molar-refractivity contribution in [3.05, 3.63) is 0 Å². The normalized spacial score (nSPS) is 18.4. The zero-order valence-electron chi connectivity index (χ0n) is 11.4. The van der Waals surface area contributed by atoms with Gasteiger partial charge in [-0.25, -0.2) is 0 Å². The van der Waals surface area contributed by atoms with Crippen molar-refractivity contribution in [2.75, 3.05) is 0 Å². The molecule has 0 heterocycles. The molecule has 1 unspecified atom stereocenters. The maximum absolute atomic E-state index is 11.3. The molecule has 0 aliphatic heterocycles. The van der Waals surface area contributed by atoms with E-state index < -0.39 is 0 Å². The monoisotopic (exact) mass is 271 g/mol. The van der Waals surface area contributed by atoms with E-state index in [2.05, 4.69) is 24.5 Å². The lowest BCUT2D eigenvalue weighted by Crippen LogP contribution is -2.51. The second-order valence-corrected chi connectivity index (χ2v) is 5.95. The van der Waals surface area contributed by atoms with Gasteiger partial charge in [-0.05, 0) is 37.4 Å². The van der Waals surface area contributed by atoms with Gasteiger partial charge in [0, 0.05) is 6.04 Å². The zero-order valence-corrected chi connectivity index (χ0v) is 12.2. The van der Waals surface area contributed by atoms with Gasteiger partial charge in [0.25, 0.3) is 0 Å². The summed E-state index contributed by atoms with van der Waals surface area (Å²) in [6.45, 7) is 4.13. The maximum atomic E-state index is 11.3. The second-order valence-electron chi connectivity index (χ2n) is 5.54. The Morgan fingerprint density at radius 1 is 1.33 bits per heavy atom. The summed E-state index contributed by atoms with van der Waals surface area (Å²) in [6, 6.07) is 0.0833. The van der Waals surface area contributed by atoms with Crippen LogP contribution in [0.25, 0.3) is 0 Å². The molecule has 4 N–H and O–H groups in total. The summed E-state index contributed by atoms with van der Waals surface area (Å²) in [5, 5.41) is 6.89. The summed E-state index contributed by atoms with van der Waals surface area (Å²) in [5.74, 6) is 0.0731. The van der Waals surface area contributed by atoms with Crippen molar-refractivity contribution < 1.29 is 4.79 Å². The topological polar surface area (TPSA) is 67.2 Å². The SMILES string of the molecule is CC(C)CC(NC(=S)NC1CCCCC1)C(N)=O. The van der Waals surface area contributed by atoms with E-state index in [9.17, 15) is 4.79 Å². The minimum atomic E-state index is -0.367. The van der Waals surface area contributed by atoms with Crippen LogP contribution >= 0.6 is 12.2 Å². The van der Waals surface area contributed by atoms with Gasteiger partial charge in [0.05, 0.1) is 0 Å². The summed E-state index contributed by atoms with van der Waals surface area (Å²) in [5.41, 5.74) is 5.38. The lowest BCUT2D eigenvalue weighted by atomic mass is 9.96. The largest absolute Gasteiger partial charge is 0.368 e. The molecule has 5 heteroatoms. The Bertz CT molecular complexity index is 288. The summed E-state index contributed by atoms with van der Waals surface area (Å²) < 4.78 is 0. The van der Waals surface area contributed by atoms with Gasteiger partial charge >= 0.3 is 0 Å². The van der Waals surface area contributed by atoms with Gasteiger partial charge in [0.15, 0.2) is 5.11 Å². The number of carbonyl (C=O) groups is 1. The van der Waals surface area contributed by atoms with Crippen LogP contribution in [0.5, 0.6) is 0 Å². The second kappa shape index (κ2) is 7.56. The summed E-state index contributed by atoms with van der Waals surface area (Å²) in [4.78, 5) is 11.3. The molecule has 0 saturated heterocycles. The van der Waals surface area contributed by atoms with Crippen molar-refractivity contribution in [2.24, 2.45) is 11.7 Å². The Labute approximate surface area is 115 Å². The first-order chi connectivity index (χ1) is 8.49. The number of thiocarbonyl (C=S) groups is 1. The number of amides is 1. The molecule has 0 aromatic carbocycles. The van der Waals surface area contributed by atoms with Crippen molar-refractivity contribution in [1.82, 2.24) is 10.6 Å². The van der Waals surface area contributed by atoms with Crippen LogP contribution in [-0.2, 0) is 4.79 Å². The molecular weight excluding hydrogens is 246 g/mol. The fourth-order valence-electron chi connectivity index (χ4n) is 2.35. The molecule has 18 heavy (non-hydrogen) atoms. The average molecular weight is 271 g/mol. The van der Waals surface area contributed by atoms with Crippen LogP contribution < -0.4 is 16.4 Å². The molecule has 0 bridgehead atoms. The molecule has 0 aromatic rings. The Balaban J connectivity index is 2.37. The molecule has 0 spiro atoms. The third kappa shape index (κ3) is 5.67. The Morgan fingerprint density at radius 2 is 1.94 bits per heavy atom. The van der Waals surface area contributed by atoms with Crippen molar-refractivity contribution in [2.45, 2.75) is 64.5 Å². The van der Waals surface area contributed by atoms with E-state index in [1.54, 1.807) is 0 Å². The summed E-state index contributed by atoms with van der Waals surface area (Å²) in [6.07, 6.45) is 6.86. The van der Waals surface area contributed by atoms with Crippen LogP contribution in [0.4, 0.5) is 0 Å². The number of hydrogen-bond donors (Lipinski definition) is 3. The van der Waals surface area contributed by atoms with Gasteiger partial charge in [-0.15, -0.1) is 0 Å². The molecule has 1 fully saturated rings. The highest BCUT2D eigenvalue weighted by atomic mass is 32.1.